The van der Waals surface area contributed by atoms with Crippen LogP contribution in [-0.2, 0) is 0 Å². The third-order valence-electron chi connectivity index (χ3n) is 3.10. The van der Waals surface area contributed by atoms with Crippen molar-refractivity contribution >= 4 is 11.8 Å². The van der Waals surface area contributed by atoms with Gasteiger partial charge in [0.15, 0.2) is 0 Å². The van der Waals surface area contributed by atoms with Gasteiger partial charge in [0.2, 0.25) is 0 Å². The fraction of sp³-hybridized carbons (Fsp3) is 0.923. The van der Waals surface area contributed by atoms with E-state index in [4.69, 9.17) is 5.26 Å². The molecule has 0 aliphatic carbocycles. The first kappa shape index (κ1) is 13.9. The van der Waals surface area contributed by atoms with Crippen molar-refractivity contribution in [3.63, 3.8) is 0 Å². The molecule has 2 nitrogen and oxygen atoms in total. The lowest BCUT2D eigenvalue weighted by Crippen LogP contribution is -2.24. The second kappa shape index (κ2) is 7.19. The standard InChI is InChI=1S/C13H24N2S/c1-13(2,11-14)7-3-4-8-15-10-12-6-5-9-16-12/h12,15H,3-10H2,1-2H3. The Morgan fingerprint density at radius 1 is 1.44 bits per heavy atom. The van der Waals surface area contributed by atoms with Gasteiger partial charge >= 0.3 is 0 Å². The molecule has 1 rings (SSSR count). The minimum absolute atomic E-state index is 0.138. The normalized spacial score (nSPS) is 20.9. The number of hydrogen-bond donors (Lipinski definition) is 1. The summed E-state index contributed by atoms with van der Waals surface area (Å²) in [7, 11) is 0. The van der Waals surface area contributed by atoms with E-state index < -0.39 is 0 Å². The molecule has 1 atom stereocenters. The predicted octanol–water partition coefficient (Wildman–Crippen LogP) is 3.19. The molecule has 1 heterocycles. The Morgan fingerprint density at radius 3 is 2.88 bits per heavy atom. The quantitative estimate of drug-likeness (QED) is 0.694. The van der Waals surface area contributed by atoms with Crippen LogP contribution in [0.3, 0.4) is 0 Å². The molecule has 0 bridgehead atoms. The highest BCUT2D eigenvalue weighted by molar-refractivity contribution is 8.00. The minimum atomic E-state index is -0.138. The van der Waals surface area contributed by atoms with Crippen molar-refractivity contribution in [2.24, 2.45) is 5.41 Å². The van der Waals surface area contributed by atoms with E-state index in [2.05, 4.69) is 23.1 Å². The zero-order chi connectivity index (χ0) is 11.9. The summed E-state index contributed by atoms with van der Waals surface area (Å²) in [5.41, 5.74) is -0.138. The van der Waals surface area contributed by atoms with Gasteiger partial charge in [-0.05, 0) is 51.8 Å². The minimum Gasteiger partial charge on any atom is -0.316 e. The molecule has 1 aliphatic heterocycles. The third-order valence-corrected chi connectivity index (χ3v) is 4.50. The van der Waals surface area contributed by atoms with Gasteiger partial charge in [0.05, 0.1) is 11.5 Å². The van der Waals surface area contributed by atoms with E-state index in [0.717, 1.165) is 24.6 Å². The zero-order valence-electron chi connectivity index (χ0n) is 10.6. The van der Waals surface area contributed by atoms with Crippen LogP contribution in [0.2, 0.25) is 0 Å². The van der Waals surface area contributed by atoms with E-state index in [9.17, 15) is 0 Å². The summed E-state index contributed by atoms with van der Waals surface area (Å²) in [5.74, 6) is 1.35. The first-order valence-corrected chi connectivity index (χ1v) is 7.42. The van der Waals surface area contributed by atoms with Crippen molar-refractivity contribution in [1.82, 2.24) is 5.32 Å². The first-order valence-electron chi connectivity index (χ1n) is 6.38. The molecule has 3 heteroatoms. The number of rotatable bonds is 7. The van der Waals surface area contributed by atoms with Gasteiger partial charge in [-0.25, -0.2) is 0 Å². The molecule has 1 saturated heterocycles. The molecule has 0 aromatic rings. The van der Waals surface area contributed by atoms with Crippen LogP contribution in [0.25, 0.3) is 0 Å². The van der Waals surface area contributed by atoms with Crippen LogP contribution in [0.15, 0.2) is 0 Å². The van der Waals surface area contributed by atoms with Crippen molar-refractivity contribution < 1.29 is 0 Å². The topological polar surface area (TPSA) is 35.8 Å². The Labute approximate surface area is 104 Å². The fourth-order valence-electron chi connectivity index (χ4n) is 1.94. The Bertz CT molecular complexity index is 227. The Kier molecular flexibility index (Phi) is 6.23. The van der Waals surface area contributed by atoms with Crippen LogP contribution in [0, 0.1) is 16.7 Å². The van der Waals surface area contributed by atoms with E-state index in [-0.39, 0.29) is 5.41 Å². The van der Waals surface area contributed by atoms with Crippen LogP contribution in [0.4, 0.5) is 0 Å². The lowest BCUT2D eigenvalue weighted by Gasteiger charge is -2.15. The summed E-state index contributed by atoms with van der Waals surface area (Å²) in [4.78, 5) is 0. The van der Waals surface area contributed by atoms with Crippen molar-refractivity contribution in [2.75, 3.05) is 18.8 Å². The lowest BCUT2D eigenvalue weighted by atomic mass is 9.89. The van der Waals surface area contributed by atoms with Crippen molar-refractivity contribution in [3.05, 3.63) is 0 Å². The third kappa shape index (κ3) is 5.77. The molecule has 0 spiro atoms. The molecule has 1 N–H and O–H groups in total. The van der Waals surface area contributed by atoms with Gasteiger partial charge in [-0.3, -0.25) is 0 Å². The Morgan fingerprint density at radius 2 is 2.25 bits per heavy atom. The van der Waals surface area contributed by atoms with Gasteiger partial charge in [0.25, 0.3) is 0 Å². The monoisotopic (exact) mass is 240 g/mol. The second-order valence-corrected chi connectivity index (χ2v) is 6.70. The summed E-state index contributed by atoms with van der Waals surface area (Å²) in [6.45, 7) is 6.33. The van der Waals surface area contributed by atoms with Gasteiger partial charge in [0, 0.05) is 11.8 Å². The summed E-state index contributed by atoms with van der Waals surface area (Å²) in [6.07, 6.45) is 6.16. The molecular weight excluding hydrogens is 216 g/mol. The molecule has 0 saturated carbocycles. The van der Waals surface area contributed by atoms with Crippen LogP contribution >= 0.6 is 11.8 Å². The van der Waals surface area contributed by atoms with E-state index >= 15 is 0 Å². The second-order valence-electron chi connectivity index (χ2n) is 5.29. The van der Waals surface area contributed by atoms with Crippen LogP contribution in [0.1, 0.15) is 46.0 Å². The fourth-order valence-corrected chi connectivity index (χ4v) is 3.18. The summed E-state index contributed by atoms with van der Waals surface area (Å²) in [5, 5.41) is 13.3. The molecular formula is C13H24N2S. The maximum absolute atomic E-state index is 8.87. The number of hydrogen-bond acceptors (Lipinski definition) is 3. The van der Waals surface area contributed by atoms with Crippen LogP contribution in [-0.4, -0.2) is 24.1 Å². The van der Waals surface area contributed by atoms with Gasteiger partial charge in [-0.2, -0.15) is 17.0 Å². The van der Waals surface area contributed by atoms with Crippen molar-refractivity contribution in [1.29, 1.82) is 5.26 Å². The highest BCUT2D eigenvalue weighted by Crippen LogP contribution is 2.25. The van der Waals surface area contributed by atoms with Crippen LogP contribution in [0.5, 0.6) is 0 Å². The highest BCUT2D eigenvalue weighted by Gasteiger charge is 2.16. The number of unbranched alkanes of at least 4 members (excludes halogenated alkanes) is 1. The number of thioether (sulfide) groups is 1. The molecule has 1 aliphatic rings. The molecule has 0 aromatic carbocycles. The summed E-state index contributed by atoms with van der Waals surface area (Å²) in [6, 6.07) is 2.35. The predicted molar refractivity (Wildman–Crippen MR) is 71.6 cm³/mol. The van der Waals surface area contributed by atoms with E-state index in [0.29, 0.717) is 0 Å². The zero-order valence-corrected chi connectivity index (χ0v) is 11.4. The van der Waals surface area contributed by atoms with E-state index in [1.807, 2.05) is 13.8 Å². The molecule has 0 aromatic heterocycles. The van der Waals surface area contributed by atoms with E-state index in [1.165, 1.54) is 31.6 Å². The first-order chi connectivity index (χ1) is 7.64. The van der Waals surface area contributed by atoms with Crippen LogP contribution < -0.4 is 5.32 Å². The molecule has 0 radical (unpaired) electrons. The van der Waals surface area contributed by atoms with Crippen molar-refractivity contribution in [2.45, 2.75) is 51.2 Å². The lowest BCUT2D eigenvalue weighted by molar-refractivity contribution is 0.422. The number of nitrogens with one attached hydrogen (secondary N) is 1. The van der Waals surface area contributed by atoms with Gasteiger partial charge in [-0.15, -0.1) is 0 Å². The number of nitrogens with zero attached hydrogens (tertiary/aromatic N) is 1. The smallest absolute Gasteiger partial charge is 0.0683 e. The molecule has 16 heavy (non-hydrogen) atoms. The highest BCUT2D eigenvalue weighted by atomic mass is 32.2. The molecule has 1 fully saturated rings. The Balaban J connectivity index is 1.90. The maximum Gasteiger partial charge on any atom is 0.0683 e. The molecule has 0 amide bonds. The average Bonchev–Trinajstić information content (AvgIpc) is 2.76. The summed E-state index contributed by atoms with van der Waals surface area (Å²) < 4.78 is 0. The molecule has 92 valence electrons. The largest absolute Gasteiger partial charge is 0.316 e. The SMILES string of the molecule is CC(C)(C#N)CCCCNCC1CCCS1. The van der Waals surface area contributed by atoms with Gasteiger partial charge in [0.1, 0.15) is 0 Å². The maximum atomic E-state index is 8.87. The van der Waals surface area contributed by atoms with Gasteiger partial charge < -0.3 is 5.32 Å². The number of nitriles is 1. The van der Waals surface area contributed by atoms with Gasteiger partial charge in [-0.1, -0.05) is 6.42 Å². The molecule has 1 unspecified atom stereocenters. The van der Waals surface area contributed by atoms with E-state index in [1.54, 1.807) is 0 Å². The Hall–Kier alpha value is -0.200. The average molecular weight is 240 g/mol. The summed E-state index contributed by atoms with van der Waals surface area (Å²) >= 11 is 2.11. The van der Waals surface area contributed by atoms with Crippen molar-refractivity contribution in [3.8, 4) is 6.07 Å².